The SMILES string of the molecule is CCC1CN(c2cc(Br)c(F)cc2C)C(CC)CN1. The second-order valence-electron chi connectivity index (χ2n) is 5.28. The molecule has 0 bridgehead atoms. The zero-order chi connectivity index (χ0) is 14.0. The number of nitrogens with one attached hydrogen (secondary N) is 1. The number of halogens is 2. The zero-order valence-electron chi connectivity index (χ0n) is 11.8. The van der Waals surface area contributed by atoms with Gasteiger partial charge in [0.1, 0.15) is 5.82 Å². The van der Waals surface area contributed by atoms with Crippen LogP contribution in [0, 0.1) is 12.7 Å². The number of anilines is 1. The summed E-state index contributed by atoms with van der Waals surface area (Å²) in [5, 5.41) is 3.59. The van der Waals surface area contributed by atoms with Gasteiger partial charge in [-0.05, 0) is 53.4 Å². The van der Waals surface area contributed by atoms with E-state index >= 15 is 0 Å². The number of benzene rings is 1. The van der Waals surface area contributed by atoms with Crippen LogP contribution in [0.3, 0.4) is 0 Å². The van der Waals surface area contributed by atoms with E-state index in [1.165, 1.54) is 0 Å². The Bertz CT molecular complexity index is 450. The van der Waals surface area contributed by atoms with Crippen LogP contribution in [0.5, 0.6) is 0 Å². The van der Waals surface area contributed by atoms with Gasteiger partial charge in [0.25, 0.3) is 0 Å². The first-order chi connectivity index (χ1) is 9.06. The minimum absolute atomic E-state index is 0.184. The molecule has 1 aromatic carbocycles. The standard InChI is InChI=1S/C15H22BrFN2/c1-4-11-9-19(12(5-2)8-18-11)15-7-13(16)14(17)6-10(15)3/h6-7,11-12,18H,4-5,8-9H2,1-3H3. The largest absolute Gasteiger partial charge is 0.365 e. The highest BCUT2D eigenvalue weighted by molar-refractivity contribution is 9.10. The fourth-order valence-electron chi connectivity index (χ4n) is 2.74. The van der Waals surface area contributed by atoms with Crippen molar-refractivity contribution in [1.82, 2.24) is 5.32 Å². The normalized spacial score (nSPS) is 23.7. The second-order valence-corrected chi connectivity index (χ2v) is 6.13. The molecule has 4 heteroatoms. The molecule has 106 valence electrons. The monoisotopic (exact) mass is 328 g/mol. The Hall–Kier alpha value is -0.610. The summed E-state index contributed by atoms with van der Waals surface area (Å²) in [5.41, 5.74) is 2.16. The lowest BCUT2D eigenvalue weighted by atomic mass is 10.0. The van der Waals surface area contributed by atoms with E-state index in [-0.39, 0.29) is 5.82 Å². The summed E-state index contributed by atoms with van der Waals surface area (Å²) < 4.78 is 14.1. The van der Waals surface area contributed by atoms with E-state index in [0.29, 0.717) is 16.6 Å². The maximum absolute atomic E-state index is 13.6. The van der Waals surface area contributed by atoms with E-state index in [1.807, 2.05) is 13.0 Å². The Balaban J connectivity index is 2.33. The highest BCUT2D eigenvalue weighted by Crippen LogP contribution is 2.30. The summed E-state index contributed by atoms with van der Waals surface area (Å²) in [7, 11) is 0. The average Bonchev–Trinajstić information content (AvgIpc) is 2.42. The van der Waals surface area contributed by atoms with Gasteiger partial charge in [-0.25, -0.2) is 4.39 Å². The Morgan fingerprint density at radius 1 is 1.37 bits per heavy atom. The number of nitrogens with zero attached hydrogens (tertiary/aromatic N) is 1. The number of hydrogen-bond donors (Lipinski definition) is 1. The quantitative estimate of drug-likeness (QED) is 0.906. The van der Waals surface area contributed by atoms with Crippen LogP contribution < -0.4 is 10.2 Å². The number of piperazine rings is 1. The summed E-state index contributed by atoms with van der Waals surface area (Å²) in [6.45, 7) is 8.40. The van der Waals surface area contributed by atoms with Crippen molar-refractivity contribution >= 4 is 21.6 Å². The molecule has 2 unspecified atom stereocenters. The van der Waals surface area contributed by atoms with Crippen LogP contribution in [0.4, 0.5) is 10.1 Å². The van der Waals surface area contributed by atoms with Crippen LogP contribution in [0.2, 0.25) is 0 Å². The molecule has 0 spiro atoms. The van der Waals surface area contributed by atoms with Gasteiger partial charge in [-0.15, -0.1) is 0 Å². The molecule has 0 aromatic heterocycles. The summed E-state index contributed by atoms with van der Waals surface area (Å²) >= 11 is 3.30. The van der Waals surface area contributed by atoms with Gasteiger partial charge in [0.05, 0.1) is 4.47 Å². The van der Waals surface area contributed by atoms with Crippen molar-refractivity contribution in [3.05, 3.63) is 28.0 Å². The molecule has 1 saturated heterocycles. The summed E-state index contributed by atoms with van der Waals surface area (Å²) in [6.07, 6.45) is 2.21. The van der Waals surface area contributed by atoms with Crippen molar-refractivity contribution in [3.8, 4) is 0 Å². The van der Waals surface area contributed by atoms with Gasteiger partial charge in [-0.1, -0.05) is 13.8 Å². The molecule has 1 fully saturated rings. The Morgan fingerprint density at radius 2 is 2.11 bits per heavy atom. The van der Waals surface area contributed by atoms with Gasteiger partial charge in [0.2, 0.25) is 0 Å². The van der Waals surface area contributed by atoms with Crippen LogP contribution >= 0.6 is 15.9 Å². The van der Waals surface area contributed by atoms with Crippen LogP contribution in [0.25, 0.3) is 0 Å². The molecule has 2 nitrogen and oxygen atoms in total. The average molecular weight is 329 g/mol. The van der Waals surface area contributed by atoms with Crippen molar-refractivity contribution in [2.75, 3.05) is 18.0 Å². The third-order valence-electron chi connectivity index (χ3n) is 4.01. The maximum Gasteiger partial charge on any atom is 0.137 e. The zero-order valence-corrected chi connectivity index (χ0v) is 13.4. The van der Waals surface area contributed by atoms with Crippen molar-refractivity contribution in [2.45, 2.75) is 45.7 Å². The van der Waals surface area contributed by atoms with Crippen molar-refractivity contribution in [1.29, 1.82) is 0 Å². The van der Waals surface area contributed by atoms with E-state index in [2.05, 4.69) is 40.0 Å². The molecule has 0 saturated carbocycles. The fourth-order valence-corrected chi connectivity index (χ4v) is 3.07. The molecule has 0 aliphatic carbocycles. The molecule has 1 heterocycles. The van der Waals surface area contributed by atoms with Gasteiger partial charge >= 0.3 is 0 Å². The minimum Gasteiger partial charge on any atom is -0.365 e. The van der Waals surface area contributed by atoms with Crippen molar-refractivity contribution in [3.63, 3.8) is 0 Å². The smallest absolute Gasteiger partial charge is 0.137 e. The first kappa shape index (κ1) is 14.8. The van der Waals surface area contributed by atoms with E-state index in [1.54, 1.807) is 6.07 Å². The summed E-state index contributed by atoms with van der Waals surface area (Å²) in [5.74, 6) is -0.184. The maximum atomic E-state index is 13.6. The van der Waals surface area contributed by atoms with Crippen molar-refractivity contribution < 1.29 is 4.39 Å². The Labute approximate surface area is 123 Å². The predicted molar refractivity (Wildman–Crippen MR) is 82.3 cm³/mol. The lowest BCUT2D eigenvalue weighted by Gasteiger charge is -2.42. The lowest BCUT2D eigenvalue weighted by Crippen LogP contribution is -2.56. The number of aryl methyl sites for hydroxylation is 1. The Kier molecular flexibility index (Phi) is 4.85. The van der Waals surface area contributed by atoms with E-state index in [4.69, 9.17) is 0 Å². The molecule has 2 atom stereocenters. The summed E-state index contributed by atoms with van der Waals surface area (Å²) in [6, 6.07) is 4.55. The molecule has 0 amide bonds. The van der Waals surface area contributed by atoms with E-state index < -0.39 is 0 Å². The topological polar surface area (TPSA) is 15.3 Å². The Morgan fingerprint density at radius 3 is 2.74 bits per heavy atom. The van der Waals surface area contributed by atoms with E-state index in [9.17, 15) is 4.39 Å². The molecular formula is C15H22BrFN2. The molecule has 2 rings (SSSR count). The molecule has 1 aliphatic heterocycles. The highest BCUT2D eigenvalue weighted by Gasteiger charge is 2.27. The van der Waals surface area contributed by atoms with Gasteiger partial charge in [0.15, 0.2) is 0 Å². The van der Waals surface area contributed by atoms with Gasteiger partial charge in [-0.3, -0.25) is 0 Å². The summed E-state index contributed by atoms with van der Waals surface area (Å²) in [4.78, 5) is 2.43. The van der Waals surface area contributed by atoms with Crippen LogP contribution in [0.15, 0.2) is 16.6 Å². The van der Waals surface area contributed by atoms with E-state index in [0.717, 1.165) is 37.2 Å². The molecule has 19 heavy (non-hydrogen) atoms. The molecular weight excluding hydrogens is 307 g/mol. The van der Waals surface area contributed by atoms with Crippen LogP contribution in [-0.2, 0) is 0 Å². The minimum atomic E-state index is -0.184. The fraction of sp³-hybridized carbons (Fsp3) is 0.600. The number of rotatable bonds is 3. The molecule has 0 radical (unpaired) electrons. The van der Waals surface area contributed by atoms with Crippen LogP contribution in [-0.4, -0.2) is 25.2 Å². The van der Waals surface area contributed by atoms with Crippen LogP contribution in [0.1, 0.15) is 32.3 Å². The third-order valence-corrected chi connectivity index (χ3v) is 4.62. The van der Waals surface area contributed by atoms with Gasteiger partial charge in [-0.2, -0.15) is 0 Å². The lowest BCUT2D eigenvalue weighted by molar-refractivity contribution is 0.378. The number of hydrogen-bond acceptors (Lipinski definition) is 2. The predicted octanol–water partition coefficient (Wildman–Crippen LogP) is 3.86. The third kappa shape index (κ3) is 3.11. The highest BCUT2D eigenvalue weighted by atomic mass is 79.9. The molecule has 1 N–H and O–H groups in total. The van der Waals surface area contributed by atoms with Crippen molar-refractivity contribution in [2.24, 2.45) is 0 Å². The first-order valence-electron chi connectivity index (χ1n) is 7.02. The molecule has 1 aliphatic rings. The second kappa shape index (κ2) is 6.23. The van der Waals surface area contributed by atoms with Gasteiger partial charge < -0.3 is 10.2 Å². The molecule has 1 aromatic rings. The first-order valence-corrected chi connectivity index (χ1v) is 7.81. The van der Waals surface area contributed by atoms with Gasteiger partial charge in [0, 0.05) is 30.9 Å².